The first-order chi connectivity index (χ1) is 10.2. The van der Waals surface area contributed by atoms with Crippen LogP contribution in [0.1, 0.15) is 18.1 Å². The summed E-state index contributed by atoms with van der Waals surface area (Å²) in [7, 11) is 0. The Hall–Kier alpha value is -2.42. The molecule has 0 spiro atoms. The van der Waals surface area contributed by atoms with E-state index in [2.05, 4.69) is 36.7 Å². The van der Waals surface area contributed by atoms with E-state index in [1.54, 1.807) is 0 Å². The van der Waals surface area contributed by atoms with Crippen molar-refractivity contribution < 1.29 is 4.74 Å². The van der Waals surface area contributed by atoms with Gasteiger partial charge in [0.2, 0.25) is 0 Å². The SMILES string of the molecule is CCn1cc(COc2ccccc2C)c2cc(N)ccc21. The summed E-state index contributed by atoms with van der Waals surface area (Å²) in [6.45, 7) is 5.69. The molecule has 108 valence electrons. The topological polar surface area (TPSA) is 40.2 Å². The molecule has 0 saturated carbocycles. The van der Waals surface area contributed by atoms with Gasteiger partial charge < -0.3 is 15.0 Å². The zero-order valence-electron chi connectivity index (χ0n) is 12.5. The number of benzene rings is 2. The van der Waals surface area contributed by atoms with Gasteiger partial charge in [-0.05, 0) is 43.7 Å². The lowest BCUT2D eigenvalue weighted by atomic mass is 10.1. The van der Waals surface area contributed by atoms with Gasteiger partial charge in [0.25, 0.3) is 0 Å². The van der Waals surface area contributed by atoms with Crippen LogP contribution in [0.4, 0.5) is 5.69 Å². The van der Waals surface area contributed by atoms with Crippen LogP contribution in [0.3, 0.4) is 0 Å². The molecule has 0 bridgehead atoms. The molecule has 2 aromatic carbocycles. The van der Waals surface area contributed by atoms with Gasteiger partial charge in [-0.25, -0.2) is 0 Å². The molecule has 0 unspecified atom stereocenters. The third-order valence-corrected chi connectivity index (χ3v) is 3.81. The van der Waals surface area contributed by atoms with Crippen LogP contribution in [0.15, 0.2) is 48.7 Å². The summed E-state index contributed by atoms with van der Waals surface area (Å²) in [5.74, 6) is 0.929. The van der Waals surface area contributed by atoms with Gasteiger partial charge in [-0.2, -0.15) is 0 Å². The fourth-order valence-corrected chi connectivity index (χ4v) is 2.64. The van der Waals surface area contributed by atoms with Gasteiger partial charge >= 0.3 is 0 Å². The zero-order chi connectivity index (χ0) is 14.8. The second-order valence-corrected chi connectivity index (χ2v) is 5.27. The fourth-order valence-electron chi connectivity index (χ4n) is 2.64. The summed E-state index contributed by atoms with van der Waals surface area (Å²) in [5, 5.41) is 1.17. The van der Waals surface area contributed by atoms with Crippen molar-refractivity contribution in [3.8, 4) is 5.75 Å². The number of para-hydroxylation sites is 1. The van der Waals surface area contributed by atoms with E-state index in [4.69, 9.17) is 10.5 Å². The Morgan fingerprint density at radius 1 is 1.14 bits per heavy atom. The van der Waals surface area contributed by atoms with E-state index in [0.717, 1.165) is 23.5 Å². The summed E-state index contributed by atoms with van der Waals surface area (Å²) >= 11 is 0. The number of aryl methyl sites for hydroxylation is 2. The van der Waals surface area contributed by atoms with Gasteiger partial charge in [-0.3, -0.25) is 0 Å². The second-order valence-electron chi connectivity index (χ2n) is 5.27. The molecule has 3 heteroatoms. The van der Waals surface area contributed by atoms with E-state index < -0.39 is 0 Å². The molecule has 0 aliphatic heterocycles. The third kappa shape index (κ3) is 2.59. The van der Waals surface area contributed by atoms with Gasteiger partial charge in [0.15, 0.2) is 0 Å². The van der Waals surface area contributed by atoms with Gasteiger partial charge in [0.1, 0.15) is 12.4 Å². The molecular weight excluding hydrogens is 260 g/mol. The lowest BCUT2D eigenvalue weighted by Gasteiger charge is -2.08. The van der Waals surface area contributed by atoms with Crippen molar-refractivity contribution in [3.05, 3.63) is 59.8 Å². The first-order valence-electron chi connectivity index (χ1n) is 7.24. The number of hydrogen-bond donors (Lipinski definition) is 1. The van der Waals surface area contributed by atoms with Crippen LogP contribution in [0.2, 0.25) is 0 Å². The Balaban J connectivity index is 1.93. The first kappa shape index (κ1) is 13.6. The van der Waals surface area contributed by atoms with Crippen molar-refractivity contribution >= 4 is 16.6 Å². The maximum Gasteiger partial charge on any atom is 0.122 e. The number of aromatic nitrogens is 1. The highest BCUT2D eigenvalue weighted by molar-refractivity contribution is 5.86. The van der Waals surface area contributed by atoms with E-state index >= 15 is 0 Å². The minimum Gasteiger partial charge on any atom is -0.489 e. The Morgan fingerprint density at radius 3 is 2.71 bits per heavy atom. The number of rotatable bonds is 4. The third-order valence-electron chi connectivity index (χ3n) is 3.81. The van der Waals surface area contributed by atoms with E-state index in [-0.39, 0.29) is 0 Å². The molecule has 1 heterocycles. The lowest BCUT2D eigenvalue weighted by molar-refractivity contribution is 0.305. The predicted molar refractivity (Wildman–Crippen MR) is 87.5 cm³/mol. The maximum absolute atomic E-state index is 5.97. The van der Waals surface area contributed by atoms with Crippen molar-refractivity contribution in [2.75, 3.05) is 5.73 Å². The molecule has 3 rings (SSSR count). The maximum atomic E-state index is 5.97. The largest absolute Gasteiger partial charge is 0.489 e. The van der Waals surface area contributed by atoms with Crippen molar-refractivity contribution in [3.63, 3.8) is 0 Å². The average Bonchev–Trinajstić information content (AvgIpc) is 2.83. The summed E-state index contributed by atoms with van der Waals surface area (Å²) in [5.41, 5.74) is 10.2. The van der Waals surface area contributed by atoms with Gasteiger partial charge in [-0.1, -0.05) is 18.2 Å². The fraction of sp³-hybridized carbons (Fsp3) is 0.222. The number of fused-ring (bicyclic) bond motifs is 1. The van der Waals surface area contributed by atoms with Crippen molar-refractivity contribution in [2.45, 2.75) is 27.0 Å². The summed E-state index contributed by atoms with van der Waals surface area (Å²) < 4.78 is 8.20. The average molecular weight is 280 g/mol. The van der Waals surface area contributed by atoms with Crippen LogP contribution in [-0.4, -0.2) is 4.57 Å². The molecule has 3 nitrogen and oxygen atoms in total. The minimum atomic E-state index is 0.553. The van der Waals surface area contributed by atoms with E-state index in [9.17, 15) is 0 Å². The second kappa shape index (κ2) is 5.52. The first-order valence-corrected chi connectivity index (χ1v) is 7.24. The van der Waals surface area contributed by atoms with E-state index in [1.807, 2.05) is 30.3 Å². The highest BCUT2D eigenvalue weighted by Gasteiger charge is 2.09. The smallest absolute Gasteiger partial charge is 0.122 e. The molecule has 2 N–H and O–H groups in total. The zero-order valence-corrected chi connectivity index (χ0v) is 12.5. The number of anilines is 1. The van der Waals surface area contributed by atoms with Crippen LogP contribution in [-0.2, 0) is 13.2 Å². The van der Waals surface area contributed by atoms with Crippen LogP contribution < -0.4 is 10.5 Å². The molecule has 0 fully saturated rings. The van der Waals surface area contributed by atoms with Gasteiger partial charge in [0, 0.05) is 34.9 Å². The van der Waals surface area contributed by atoms with E-state index in [1.165, 1.54) is 16.5 Å². The molecule has 1 aromatic heterocycles. The van der Waals surface area contributed by atoms with Crippen molar-refractivity contribution in [2.24, 2.45) is 0 Å². The predicted octanol–water partition coefficient (Wildman–Crippen LogP) is 4.13. The molecule has 21 heavy (non-hydrogen) atoms. The molecule has 0 atom stereocenters. The Kier molecular flexibility index (Phi) is 3.57. The van der Waals surface area contributed by atoms with Crippen LogP contribution in [0.5, 0.6) is 5.75 Å². The van der Waals surface area contributed by atoms with Crippen LogP contribution in [0, 0.1) is 6.92 Å². The Morgan fingerprint density at radius 2 is 1.95 bits per heavy atom. The summed E-state index contributed by atoms with van der Waals surface area (Å²) in [6.07, 6.45) is 2.16. The molecular formula is C18H20N2O. The van der Waals surface area contributed by atoms with E-state index in [0.29, 0.717) is 6.61 Å². The Labute approximate surface area is 125 Å². The molecule has 0 saturated heterocycles. The standard InChI is InChI=1S/C18H20N2O/c1-3-20-11-14(16-10-15(19)8-9-17(16)20)12-21-18-7-5-4-6-13(18)2/h4-11H,3,12,19H2,1-2H3. The number of nitrogens with two attached hydrogens (primary N) is 1. The monoisotopic (exact) mass is 280 g/mol. The molecule has 0 amide bonds. The highest BCUT2D eigenvalue weighted by atomic mass is 16.5. The lowest BCUT2D eigenvalue weighted by Crippen LogP contribution is -1.96. The number of nitrogens with zero attached hydrogens (tertiary/aromatic N) is 1. The van der Waals surface area contributed by atoms with Crippen LogP contribution >= 0.6 is 0 Å². The van der Waals surface area contributed by atoms with Gasteiger partial charge in [0.05, 0.1) is 0 Å². The molecule has 3 aromatic rings. The Bertz CT molecular complexity index is 774. The van der Waals surface area contributed by atoms with Gasteiger partial charge in [-0.15, -0.1) is 0 Å². The summed E-state index contributed by atoms with van der Waals surface area (Å²) in [6, 6.07) is 14.1. The minimum absolute atomic E-state index is 0.553. The van der Waals surface area contributed by atoms with Crippen molar-refractivity contribution in [1.29, 1.82) is 0 Å². The molecule has 0 aliphatic rings. The normalized spacial score (nSPS) is 11.0. The van der Waals surface area contributed by atoms with Crippen LogP contribution in [0.25, 0.3) is 10.9 Å². The number of hydrogen-bond acceptors (Lipinski definition) is 2. The van der Waals surface area contributed by atoms with Crippen molar-refractivity contribution in [1.82, 2.24) is 4.57 Å². The number of nitrogen functional groups attached to an aromatic ring is 1. The molecule has 0 aliphatic carbocycles. The quantitative estimate of drug-likeness (QED) is 0.730. The summed E-state index contributed by atoms with van der Waals surface area (Å²) in [4.78, 5) is 0. The highest BCUT2D eigenvalue weighted by Crippen LogP contribution is 2.26. The number of ether oxygens (including phenoxy) is 1. The molecule has 0 radical (unpaired) electrons.